The molecular formula is C20H22N2O4. The van der Waals surface area contributed by atoms with Crippen molar-refractivity contribution in [3.63, 3.8) is 0 Å². The largest absolute Gasteiger partial charge is 0.497 e. The molecule has 0 aliphatic carbocycles. The molecule has 0 amide bonds. The van der Waals surface area contributed by atoms with Crippen molar-refractivity contribution in [2.45, 2.75) is 32.4 Å². The zero-order chi connectivity index (χ0) is 18.7. The Morgan fingerprint density at radius 1 is 1.15 bits per heavy atom. The predicted octanol–water partition coefficient (Wildman–Crippen LogP) is 3.95. The molecule has 0 saturated carbocycles. The molecule has 26 heavy (non-hydrogen) atoms. The second-order valence-corrected chi connectivity index (χ2v) is 7.73. The van der Waals surface area contributed by atoms with Gasteiger partial charge in [0.15, 0.2) is 5.72 Å². The maximum Gasteiger partial charge on any atom is 0.269 e. The molecule has 1 spiro atoms. The van der Waals surface area contributed by atoms with Crippen LogP contribution in [0.3, 0.4) is 0 Å². The lowest BCUT2D eigenvalue weighted by Crippen LogP contribution is -2.62. The monoisotopic (exact) mass is 354 g/mol. The van der Waals surface area contributed by atoms with Crippen LogP contribution in [0.15, 0.2) is 36.4 Å². The molecule has 6 nitrogen and oxygen atoms in total. The summed E-state index contributed by atoms with van der Waals surface area (Å²) in [4.78, 5) is 12.9. The molecule has 4 rings (SSSR count). The molecule has 2 aromatic carbocycles. The Bertz CT molecular complexity index is 909. The van der Waals surface area contributed by atoms with Crippen LogP contribution in [-0.2, 0) is 12.8 Å². The van der Waals surface area contributed by atoms with E-state index in [1.165, 1.54) is 11.6 Å². The van der Waals surface area contributed by atoms with E-state index < -0.39 is 5.72 Å². The first-order valence-corrected chi connectivity index (χ1v) is 8.64. The van der Waals surface area contributed by atoms with Gasteiger partial charge in [-0.25, -0.2) is 0 Å². The topological polar surface area (TPSA) is 64.8 Å². The molecule has 2 aliphatic rings. The van der Waals surface area contributed by atoms with Crippen molar-refractivity contribution in [3.05, 3.63) is 57.6 Å². The van der Waals surface area contributed by atoms with E-state index in [4.69, 9.17) is 9.47 Å². The maximum absolute atomic E-state index is 11.1. The third-order valence-electron chi connectivity index (χ3n) is 5.84. The molecule has 1 atom stereocenters. The molecule has 1 unspecified atom stereocenters. The van der Waals surface area contributed by atoms with E-state index >= 15 is 0 Å². The lowest BCUT2D eigenvalue weighted by Gasteiger charge is -2.52. The SMILES string of the molecule is COc1ccc2c(c1)CC1(Oc3ccc([N+](=O)[O-])cc3CC1(C)C)N2C. The molecule has 0 saturated heterocycles. The number of nitro groups is 1. The van der Waals surface area contributed by atoms with Crippen LogP contribution in [0.25, 0.3) is 0 Å². The summed E-state index contributed by atoms with van der Waals surface area (Å²) in [6.07, 6.45) is 1.44. The molecule has 0 aromatic heterocycles. The van der Waals surface area contributed by atoms with Crippen LogP contribution in [0.5, 0.6) is 11.5 Å². The highest BCUT2D eigenvalue weighted by molar-refractivity contribution is 5.64. The standard InChI is InChI=1S/C20H22N2O4/c1-19(2)11-14-9-15(22(23)24)5-8-18(14)26-20(19)12-13-10-16(25-4)6-7-17(13)21(20)3/h5-10H,11-12H2,1-4H3. The summed E-state index contributed by atoms with van der Waals surface area (Å²) >= 11 is 0. The summed E-state index contributed by atoms with van der Waals surface area (Å²) in [5, 5.41) is 11.1. The van der Waals surface area contributed by atoms with Gasteiger partial charge in [0.25, 0.3) is 5.69 Å². The number of non-ortho nitro benzene ring substituents is 1. The average molecular weight is 354 g/mol. The van der Waals surface area contributed by atoms with Gasteiger partial charge in [0.2, 0.25) is 0 Å². The fraction of sp³-hybridized carbons (Fsp3) is 0.400. The van der Waals surface area contributed by atoms with Gasteiger partial charge in [-0.05, 0) is 36.2 Å². The van der Waals surface area contributed by atoms with Gasteiger partial charge >= 0.3 is 0 Å². The zero-order valence-corrected chi connectivity index (χ0v) is 15.4. The van der Waals surface area contributed by atoms with Crippen molar-refractivity contribution in [1.82, 2.24) is 0 Å². The van der Waals surface area contributed by atoms with Crippen molar-refractivity contribution >= 4 is 11.4 Å². The minimum Gasteiger partial charge on any atom is -0.497 e. The van der Waals surface area contributed by atoms with E-state index in [1.54, 1.807) is 19.2 Å². The number of nitrogens with zero attached hydrogens (tertiary/aromatic N) is 2. The molecule has 0 N–H and O–H groups in total. The Morgan fingerprint density at radius 3 is 2.62 bits per heavy atom. The number of benzene rings is 2. The number of hydrogen-bond acceptors (Lipinski definition) is 5. The van der Waals surface area contributed by atoms with E-state index in [0.717, 1.165) is 29.2 Å². The lowest BCUT2D eigenvalue weighted by molar-refractivity contribution is -0.385. The number of rotatable bonds is 2. The minimum absolute atomic E-state index is 0.104. The second-order valence-electron chi connectivity index (χ2n) is 7.73. The first-order valence-electron chi connectivity index (χ1n) is 8.64. The van der Waals surface area contributed by atoms with Gasteiger partial charge in [-0.1, -0.05) is 13.8 Å². The van der Waals surface area contributed by atoms with E-state index in [-0.39, 0.29) is 16.0 Å². The lowest BCUT2D eigenvalue weighted by atomic mass is 9.72. The minimum atomic E-state index is -0.537. The quantitative estimate of drug-likeness (QED) is 0.603. The molecule has 0 radical (unpaired) electrons. The number of hydrogen-bond donors (Lipinski definition) is 0. The fourth-order valence-corrected chi connectivity index (χ4v) is 4.38. The summed E-state index contributed by atoms with van der Waals surface area (Å²) in [6, 6.07) is 11.0. The number of nitro benzene ring substituents is 1. The molecule has 6 heteroatoms. The van der Waals surface area contributed by atoms with Crippen LogP contribution in [0.2, 0.25) is 0 Å². The Labute approximate surface area is 152 Å². The Balaban J connectivity index is 1.79. The summed E-state index contributed by atoms with van der Waals surface area (Å²) in [6.45, 7) is 4.32. The van der Waals surface area contributed by atoms with Crippen LogP contribution in [-0.4, -0.2) is 24.8 Å². The number of methoxy groups -OCH3 is 1. The Hall–Kier alpha value is -2.76. The fourth-order valence-electron chi connectivity index (χ4n) is 4.38. The summed E-state index contributed by atoms with van der Waals surface area (Å²) in [5.41, 5.74) is 2.53. The predicted molar refractivity (Wildman–Crippen MR) is 99.0 cm³/mol. The van der Waals surface area contributed by atoms with Gasteiger partial charge in [-0.3, -0.25) is 10.1 Å². The second kappa shape index (κ2) is 5.37. The number of ether oxygens (including phenoxy) is 2. The van der Waals surface area contributed by atoms with E-state index in [1.807, 2.05) is 6.07 Å². The van der Waals surface area contributed by atoms with Crippen molar-refractivity contribution in [3.8, 4) is 11.5 Å². The third-order valence-corrected chi connectivity index (χ3v) is 5.84. The van der Waals surface area contributed by atoms with Gasteiger partial charge in [0, 0.05) is 42.3 Å². The number of fused-ring (bicyclic) bond motifs is 2. The van der Waals surface area contributed by atoms with Crippen LogP contribution in [0.4, 0.5) is 11.4 Å². The van der Waals surface area contributed by atoms with Crippen LogP contribution in [0, 0.1) is 15.5 Å². The number of likely N-dealkylation sites (N-methyl/N-ethyl adjacent to an activating group) is 1. The highest BCUT2D eigenvalue weighted by atomic mass is 16.6. The molecule has 0 fully saturated rings. The van der Waals surface area contributed by atoms with Gasteiger partial charge in [0.1, 0.15) is 11.5 Å². The molecule has 2 aliphatic heterocycles. The number of anilines is 1. The van der Waals surface area contributed by atoms with E-state index in [2.05, 4.69) is 37.9 Å². The van der Waals surface area contributed by atoms with E-state index in [0.29, 0.717) is 6.42 Å². The van der Waals surface area contributed by atoms with Crippen LogP contribution in [0.1, 0.15) is 25.0 Å². The van der Waals surface area contributed by atoms with E-state index in [9.17, 15) is 10.1 Å². The van der Waals surface area contributed by atoms with Crippen molar-refractivity contribution in [2.24, 2.45) is 5.41 Å². The summed E-state index contributed by atoms with van der Waals surface area (Å²) in [5.74, 6) is 1.56. The Kier molecular flexibility index (Phi) is 3.45. The van der Waals surface area contributed by atoms with Crippen LogP contribution < -0.4 is 14.4 Å². The third kappa shape index (κ3) is 2.18. The molecular weight excluding hydrogens is 332 g/mol. The zero-order valence-electron chi connectivity index (χ0n) is 15.4. The molecule has 2 aromatic rings. The normalized spacial score (nSPS) is 22.5. The molecule has 2 heterocycles. The van der Waals surface area contributed by atoms with Gasteiger partial charge in [-0.15, -0.1) is 0 Å². The molecule has 136 valence electrons. The summed E-state index contributed by atoms with van der Waals surface area (Å²) in [7, 11) is 3.72. The molecule has 0 bridgehead atoms. The van der Waals surface area contributed by atoms with Crippen LogP contribution >= 0.6 is 0 Å². The van der Waals surface area contributed by atoms with Gasteiger partial charge < -0.3 is 14.4 Å². The Morgan fingerprint density at radius 2 is 1.92 bits per heavy atom. The van der Waals surface area contributed by atoms with Gasteiger partial charge in [0.05, 0.1) is 12.0 Å². The van der Waals surface area contributed by atoms with Crippen molar-refractivity contribution in [1.29, 1.82) is 0 Å². The first kappa shape index (κ1) is 16.7. The smallest absolute Gasteiger partial charge is 0.269 e. The first-order chi connectivity index (χ1) is 12.3. The highest BCUT2D eigenvalue weighted by Gasteiger charge is 2.57. The van der Waals surface area contributed by atoms with Gasteiger partial charge in [-0.2, -0.15) is 0 Å². The highest BCUT2D eigenvalue weighted by Crippen LogP contribution is 2.54. The van der Waals surface area contributed by atoms with Crippen molar-refractivity contribution < 1.29 is 14.4 Å². The van der Waals surface area contributed by atoms with Crippen molar-refractivity contribution in [2.75, 3.05) is 19.1 Å². The average Bonchev–Trinajstić information content (AvgIpc) is 2.88. The summed E-state index contributed by atoms with van der Waals surface area (Å²) < 4.78 is 11.9. The maximum atomic E-state index is 11.1.